The van der Waals surface area contributed by atoms with Gasteiger partial charge in [0.1, 0.15) is 5.15 Å². The number of hydrogen-bond acceptors (Lipinski definition) is 3. The van der Waals surface area contributed by atoms with E-state index >= 15 is 0 Å². The van der Waals surface area contributed by atoms with E-state index in [1.807, 2.05) is 7.05 Å². The fraction of sp³-hybridized carbons (Fsp3) is 0.812. The van der Waals surface area contributed by atoms with Crippen LogP contribution in [0.4, 0.5) is 0 Å². The molecule has 0 N–H and O–H groups in total. The standard InChI is InChI=1S/C16H27ClN4/c1-4-15-14(16(17)19(3)18-15)11-20-9-13(10-20)21-8-6-5-7-12(21)2/h12-13H,4-11H2,1-3H3/t12-/m0/s1. The molecule has 2 aliphatic rings. The lowest BCUT2D eigenvalue weighted by Crippen LogP contribution is -2.61. The number of hydrogen-bond donors (Lipinski definition) is 0. The third-order valence-corrected chi connectivity index (χ3v) is 5.60. The molecule has 2 fully saturated rings. The topological polar surface area (TPSA) is 24.3 Å². The molecule has 0 aliphatic carbocycles. The monoisotopic (exact) mass is 310 g/mol. The molecule has 2 saturated heterocycles. The Bertz CT molecular complexity index is 493. The highest BCUT2D eigenvalue weighted by molar-refractivity contribution is 6.30. The van der Waals surface area contributed by atoms with Gasteiger partial charge in [0, 0.05) is 44.3 Å². The van der Waals surface area contributed by atoms with Crippen molar-refractivity contribution in [1.29, 1.82) is 0 Å². The van der Waals surface area contributed by atoms with E-state index in [1.54, 1.807) is 4.68 Å². The molecule has 0 unspecified atom stereocenters. The van der Waals surface area contributed by atoms with E-state index in [0.717, 1.165) is 35.9 Å². The van der Waals surface area contributed by atoms with Gasteiger partial charge in [-0.05, 0) is 32.7 Å². The summed E-state index contributed by atoms with van der Waals surface area (Å²) < 4.78 is 1.81. The Kier molecular flexibility index (Phi) is 4.57. The maximum atomic E-state index is 6.39. The molecule has 1 atom stereocenters. The number of halogens is 1. The van der Waals surface area contributed by atoms with Gasteiger partial charge in [-0.1, -0.05) is 24.9 Å². The smallest absolute Gasteiger partial charge is 0.131 e. The quantitative estimate of drug-likeness (QED) is 0.854. The van der Waals surface area contributed by atoms with Crippen molar-refractivity contribution in [3.8, 4) is 0 Å². The average molecular weight is 311 g/mol. The van der Waals surface area contributed by atoms with Crippen molar-refractivity contribution in [2.75, 3.05) is 19.6 Å². The lowest BCUT2D eigenvalue weighted by molar-refractivity contribution is -0.00630. The summed E-state index contributed by atoms with van der Waals surface area (Å²) in [7, 11) is 1.93. The van der Waals surface area contributed by atoms with Crippen LogP contribution in [0.25, 0.3) is 0 Å². The normalized spacial score (nSPS) is 25.2. The van der Waals surface area contributed by atoms with Crippen LogP contribution in [-0.2, 0) is 20.0 Å². The van der Waals surface area contributed by atoms with Gasteiger partial charge in [-0.25, -0.2) is 0 Å². The molecule has 1 aromatic rings. The molecule has 0 bridgehead atoms. The average Bonchev–Trinajstić information content (AvgIpc) is 2.70. The molecule has 3 rings (SSSR count). The first kappa shape index (κ1) is 15.3. The van der Waals surface area contributed by atoms with Gasteiger partial charge in [0.2, 0.25) is 0 Å². The van der Waals surface area contributed by atoms with E-state index in [9.17, 15) is 0 Å². The minimum absolute atomic E-state index is 0.751. The summed E-state index contributed by atoms with van der Waals surface area (Å²) in [6, 6.07) is 1.51. The van der Waals surface area contributed by atoms with Gasteiger partial charge in [0.05, 0.1) is 5.69 Å². The lowest BCUT2D eigenvalue weighted by atomic mass is 9.97. The van der Waals surface area contributed by atoms with E-state index in [-0.39, 0.29) is 0 Å². The molecule has 0 aromatic carbocycles. The number of likely N-dealkylation sites (tertiary alicyclic amines) is 2. The molecule has 3 heterocycles. The molecule has 0 amide bonds. The molecule has 2 aliphatic heterocycles. The van der Waals surface area contributed by atoms with Crippen molar-refractivity contribution >= 4 is 11.6 Å². The molecule has 4 nitrogen and oxygen atoms in total. The fourth-order valence-electron chi connectivity index (χ4n) is 3.81. The summed E-state index contributed by atoms with van der Waals surface area (Å²) >= 11 is 6.39. The fourth-order valence-corrected chi connectivity index (χ4v) is 4.01. The Morgan fingerprint density at radius 1 is 1.29 bits per heavy atom. The number of aromatic nitrogens is 2. The zero-order chi connectivity index (χ0) is 15.0. The van der Waals surface area contributed by atoms with Crippen LogP contribution in [0.3, 0.4) is 0 Å². The van der Waals surface area contributed by atoms with Gasteiger partial charge < -0.3 is 0 Å². The Morgan fingerprint density at radius 3 is 2.71 bits per heavy atom. The Hall–Kier alpha value is -0.580. The number of aryl methyl sites for hydroxylation is 2. The molecular weight excluding hydrogens is 284 g/mol. The van der Waals surface area contributed by atoms with Gasteiger partial charge in [-0.15, -0.1) is 0 Å². The highest BCUT2D eigenvalue weighted by atomic mass is 35.5. The van der Waals surface area contributed by atoms with E-state index < -0.39 is 0 Å². The first-order valence-electron chi connectivity index (χ1n) is 8.28. The van der Waals surface area contributed by atoms with E-state index in [1.165, 1.54) is 44.5 Å². The van der Waals surface area contributed by atoms with Crippen molar-refractivity contribution < 1.29 is 0 Å². The maximum absolute atomic E-state index is 6.39. The first-order valence-corrected chi connectivity index (χ1v) is 8.66. The summed E-state index contributed by atoms with van der Waals surface area (Å²) in [6.07, 6.45) is 5.09. The lowest BCUT2D eigenvalue weighted by Gasteiger charge is -2.49. The second-order valence-electron chi connectivity index (χ2n) is 6.62. The Labute approximate surface area is 133 Å². The SMILES string of the molecule is CCc1nn(C)c(Cl)c1CN1CC(N2CCCC[C@@H]2C)C1. The molecule has 1 aromatic heterocycles. The third kappa shape index (κ3) is 2.99. The third-order valence-electron chi connectivity index (χ3n) is 5.13. The highest BCUT2D eigenvalue weighted by Gasteiger charge is 2.35. The summed E-state index contributed by atoms with van der Waals surface area (Å²) in [6.45, 7) is 9.13. The second kappa shape index (κ2) is 6.27. The summed E-state index contributed by atoms with van der Waals surface area (Å²) in [5.41, 5.74) is 2.38. The minimum Gasteiger partial charge on any atom is -0.296 e. The van der Waals surface area contributed by atoms with Crippen LogP contribution in [0.2, 0.25) is 5.15 Å². The van der Waals surface area contributed by atoms with Crippen molar-refractivity contribution in [1.82, 2.24) is 19.6 Å². The number of nitrogens with zero attached hydrogens (tertiary/aromatic N) is 4. The van der Waals surface area contributed by atoms with Crippen molar-refractivity contribution in [3.05, 3.63) is 16.4 Å². The first-order chi connectivity index (χ1) is 10.1. The number of piperidine rings is 1. The Balaban J connectivity index is 1.57. The molecule has 0 saturated carbocycles. The van der Waals surface area contributed by atoms with Crippen LogP contribution in [-0.4, -0.2) is 51.3 Å². The summed E-state index contributed by atoms with van der Waals surface area (Å²) in [5, 5.41) is 5.32. The minimum atomic E-state index is 0.751. The summed E-state index contributed by atoms with van der Waals surface area (Å²) in [4.78, 5) is 5.22. The molecule has 5 heteroatoms. The van der Waals surface area contributed by atoms with Crippen LogP contribution in [0.1, 0.15) is 44.4 Å². The van der Waals surface area contributed by atoms with Crippen LogP contribution in [0, 0.1) is 0 Å². The van der Waals surface area contributed by atoms with Crippen molar-refractivity contribution in [2.45, 2.75) is 58.2 Å². The maximum Gasteiger partial charge on any atom is 0.131 e. The van der Waals surface area contributed by atoms with E-state index in [4.69, 9.17) is 11.6 Å². The van der Waals surface area contributed by atoms with Crippen LogP contribution < -0.4 is 0 Å². The van der Waals surface area contributed by atoms with E-state index in [0.29, 0.717) is 0 Å². The van der Waals surface area contributed by atoms with Crippen molar-refractivity contribution in [2.24, 2.45) is 7.05 Å². The molecule has 0 radical (unpaired) electrons. The van der Waals surface area contributed by atoms with Gasteiger partial charge in [-0.3, -0.25) is 14.5 Å². The number of rotatable bonds is 4. The van der Waals surface area contributed by atoms with Crippen LogP contribution in [0.5, 0.6) is 0 Å². The van der Waals surface area contributed by atoms with Crippen LogP contribution >= 0.6 is 11.6 Å². The van der Waals surface area contributed by atoms with Gasteiger partial charge in [-0.2, -0.15) is 5.10 Å². The molecular formula is C16H27ClN4. The summed E-state index contributed by atoms with van der Waals surface area (Å²) in [5.74, 6) is 0. The Morgan fingerprint density at radius 2 is 2.05 bits per heavy atom. The molecule has 21 heavy (non-hydrogen) atoms. The van der Waals surface area contributed by atoms with Crippen LogP contribution in [0.15, 0.2) is 0 Å². The molecule has 0 spiro atoms. The van der Waals surface area contributed by atoms with Gasteiger partial charge >= 0.3 is 0 Å². The highest BCUT2D eigenvalue weighted by Crippen LogP contribution is 2.28. The predicted octanol–water partition coefficient (Wildman–Crippen LogP) is 2.69. The zero-order valence-electron chi connectivity index (χ0n) is 13.5. The zero-order valence-corrected chi connectivity index (χ0v) is 14.2. The largest absolute Gasteiger partial charge is 0.296 e. The van der Waals surface area contributed by atoms with Gasteiger partial charge in [0.15, 0.2) is 0 Å². The molecule has 118 valence electrons. The second-order valence-corrected chi connectivity index (χ2v) is 6.98. The predicted molar refractivity (Wildman–Crippen MR) is 86.7 cm³/mol. The van der Waals surface area contributed by atoms with Crippen molar-refractivity contribution in [3.63, 3.8) is 0 Å². The van der Waals surface area contributed by atoms with Gasteiger partial charge in [0.25, 0.3) is 0 Å². The van der Waals surface area contributed by atoms with E-state index in [2.05, 4.69) is 28.7 Å².